The average Bonchev–Trinajstić information content (AvgIpc) is 2.59. The molecule has 0 aliphatic rings. The molecular weight excluding hydrogens is 288 g/mol. The molecule has 2 rings (SSSR count). The van der Waals surface area contributed by atoms with Crippen molar-refractivity contribution >= 4 is 17.3 Å². The van der Waals surface area contributed by atoms with E-state index >= 15 is 0 Å². The molecule has 0 saturated carbocycles. The van der Waals surface area contributed by atoms with Gasteiger partial charge in [-0.1, -0.05) is 31.5 Å². The second kappa shape index (κ2) is 8.83. The van der Waals surface area contributed by atoms with Crippen LogP contribution in [0.2, 0.25) is 0 Å². The van der Waals surface area contributed by atoms with Crippen LogP contribution < -0.4 is 15.0 Å². The Hall–Kier alpha value is -2.49. The minimum absolute atomic E-state index is 0.00215. The van der Waals surface area contributed by atoms with E-state index in [1.54, 1.807) is 0 Å². The van der Waals surface area contributed by atoms with E-state index in [4.69, 9.17) is 4.74 Å². The minimum Gasteiger partial charge on any atom is -0.484 e. The lowest BCUT2D eigenvalue weighted by Gasteiger charge is -2.19. The summed E-state index contributed by atoms with van der Waals surface area (Å²) in [5.74, 6) is 0.525. The summed E-state index contributed by atoms with van der Waals surface area (Å²) in [5.41, 5.74) is 1.93. The van der Waals surface area contributed by atoms with Gasteiger partial charge in [0.1, 0.15) is 5.75 Å². The third-order valence-corrected chi connectivity index (χ3v) is 3.55. The Morgan fingerprint density at radius 1 is 1.09 bits per heavy atom. The van der Waals surface area contributed by atoms with Gasteiger partial charge in [-0.2, -0.15) is 0 Å². The number of nitrogens with one attached hydrogen (secondary N) is 1. The molecule has 0 atom stereocenters. The van der Waals surface area contributed by atoms with Crippen LogP contribution in [0, 0.1) is 0 Å². The number of anilines is 2. The molecule has 2 aromatic carbocycles. The van der Waals surface area contributed by atoms with Crippen LogP contribution in [-0.4, -0.2) is 26.1 Å². The zero-order chi connectivity index (χ0) is 16.5. The van der Waals surface area contributed by atoms with Gasteiger partial charge in [-0.25, -0.2) is 0 Å². The molecule has 4 nitrogen and oxygen atoms in total. The molecule has 122 valence electrons. The molecule has 2 aromatic rings. The molecule has 0 saturated heterocycles. The van der Waals surface area contributed by atoms with E-state index in [1.165, 1.54) is 12.8 Å². The van der Waals surface area contributed by atoms with Gasteiger partial charge in [-0.15, -0.1) is 0 Å². The summed E-state index contributed by atoms with van der Waals surface area (Å²) < 4.78 is 5.43. The van der Waals surface area contributed by atoms with E-state index < -0.39 is 0 Å². The fourth-order valence-corrected chi connectivity index (χ4v) is 2.19. The number of ether oxygens (including phenoxy) is 1. The van der Waals surface area contributed by atoms with Gasteiger partial charge in [-0.3, -0.25) is 4.79 Å². The predicted octanol–water partition coefficient (Wildman–Crippen LogP) is 3.94. The Balaban J connectivity index is 1.82. The quantitative estimate of drug-likeness (QED) is 0.802. The van der Waals surface area contributed by atoms with Crippen LogP contribution in [0.25, 0.3) is 0 Å². The van der Waals surface area contributed by atoms with Crippen molar-refractivity contribution in [3.8, 4) is 5.75 Å². The topological polar surface area (TPSA) is 41.6 Å². The molecule has 4 heteroatoms. The third-order valence-electron chi connectivity index (χ3n) is 3.55. The van der Waals surface area contributed by atoms with E-state index in [0.717, 1.165) is 17.9 Å². The van der Waals surface area contributed by atoms with Crippen molar-refractivity contribution in [2.75, 3.05) is 30.4 Å². The number of benzene rings is 2. The highest BCUT2D eigenvalue weighted by atomic mass is 16.5. The molecule has 0 fully saturated rings. The molecule has 0 heterocycles. The van der Waals surface area contributed by atoms with Crippen molar-refractivity contribution in [2.24, 2.45) is 0 Å². The summed E-state index contributed by atoms with van der Waals surface area (Å²) in [6.07, 6.45) is 2.35. The zero-order valence-electron chi connectivity index (χ0n) is 13.8. The summed E-state index contributed by atoms with van der Waals surface area (Å²) in [5, 5.41) is 2.84. The van der Waals surface area contributed by atoms with Crippen molar-refractivity contribution < 1.29 is 9.53 Å². The van der Waals surface area contributed by atoms with Gasteiger partial charge in [0.05, 0.1) is 0 Å². The Kier molecular flexibility index (Phi) is 6.48. The Bertz CT molecular complexity index is 597. The van der Waals surface area contributed by atoms with Crippen molar-refractivity contribution in [1.29, 1.82) is 0 Å². The van der Waals surface area contributed by atoms with Gasteiger partial charge >= 0.3 is 0 Å². The maximum Gasteiger partial charge on any atom is 0.262 e. The number of carbonyl (C=O) groups is 1. The number of hydrogen-bond donors (Lipinski definition) is 1. The van der Waals surface area contributed by atoms with E-state index in [2.05, 4.69) is 24.2 Å². The number of carbonyl (C=O) groups excluding carboxylic acids is 1. The molecule has 0 spiro atoms. The molecule has 0 aromatic heterocycles. The molecule has 0 aliphatic heterocycles. The highest BCUT2D eigenvalue weighted by molar-refractivity contribution is 5.92. The Labute approximate surface area is 138 Å². The fourth-order valence-electron chi connectivity index (χ4n) is 2.19. The second-order valence-corrected chi connectivity index (χ2v) is 5.47. The molecule has 0 bridgehead atoms. The average molecular weight is 312 g/mol. The van der Waals surface area contributed by atoms with Crippen molar-refractivity contribution in [3.63, 3.8) is 0 Å². The van der Waals surface area contributed by atoms with Gasteiger partial charge in [-0.05, 0) is 42.8 Å². The number of nitrogens with zero attached hydrogens (tertiary/aromatic N) is 1. The first kappa shape index (κ1) is 16.9. The van der Waals surface area contributed by atoms with Crippen molar-refractivity contribution in [2.45, 2.75) is 19.8 Å². The maximum absolute atomic E-state index is 11.9. The first-order chi connectivity index (χ1) is 11.2. The first-order valence-electron chi connectivity index (χ1n) is 7.98. The summed E-state index contributed by atoms with van der Waals surface area (Å²) in [4.78, 5) is 14.1. The number of hydrogen-bond acceptors (Lipinski definition) is 3. The normalized spacial score (nSPS) is 10.2. The number of para-hydroxylation sites is 1. The molecule has 0 radical (unpaired) electrons. The van der Waals surface area contributed by atoms with Crippen LogP contribution in [0.4, 0.5) is 11.4 Å². The summed E-state index contributed by atoms with van der Waals surface area (Å²) in [6.45, 7) is 3.22. The maximum atomic E-state index is 11.9. The number of amides is 1. The molecule has 0 aliphatic carbocycles. The molecule has 1 N–H and O–H groups in total. The molecule has 0 unspecified atom stereocenters. The molecule has 1 amide bonds. The lowest BCUT2D eigenvalue weighted by atomic mass is 10.2. The SMILES string of the molecule is CCCCN(C)c1ccc(NC(=O)COc2ccccc2)cc1. The highest BCUT2D eigenvalue weighted by Gasteiger charge is 2.05. The number of unbranched alkanes of at least 4 members (excludes halogenated alkanes) is 1. The third kappa shape index (κ3) is 5.66. The van der Waals surface area contributed by atoms with Crippen LogP contribution in [0.1, 0.15) is 19.8 Å². The largest absolute Gasteiger partial charge is 0.484 e. The van der Waals surface area contributed by atoms with Crippen molar-refractivity contribution in [3.05, 3.63) is 54.6 Å². The Morgan fingerprint density at radius 2 is 1.78 bits per heavy atom. The minimum atomic E-state index is -0.166. The molecule has 23 heavy (non-hydrogen) atoms. The summed E-state index contributed by atoms with van der Waals surface area (Å²) in [6, 6.07) is 17.2. The second-order valence-electron chi connectivity index (χ2n) is 5.47. The van der Waals surface area contributed by atoms with Crippen LogP contribution >= 0.6 is 0 Å². The van der Waals surface area contributed by atoms with Crippen LogP contribution in [-0.2, 0) is 4.79 Å². The van der Waals surface area contributed by atoms with Gasteiger partial charge in [0.25, 0.3) is 5.91 Å². The fraction of sp³-hybridized carbons (Fsp3) is 0.316. The standard InChI is InChI=1S/C19H24N2O2/c1-3-4-14-21(2)17-12-10-16(11-13-17)20-19(22)15-23-18-8-6-5-7-9-18/h5-13H,3-4,14-15H2,1-2H3,(H,20,22). The summed E-state index contributed by atoms with van der Waals surface area (Å²) in [7, 11) is 2.08. The van der Waals surface area contributed by atoms with Gasteiger partial charge in [0.15, 0.2) is 6.61 Å². The lowest BCUT2D eigenvalue weighted by Crippen LogP contribution is -2.20. The monoisotopic (exact) mass is 312 g/mol. The lowest BCUT2D eigenvalue weighted by molar-refractivity contribution is -0.118. The van der Waals surface area contributed by atoms with E-state index in [-0.39, 0.29) is 12.5 Å². The summed E-state index contributed by atoms with van der Waals surface area (Å²) >= 11 is 0. The van der Waals surface area contributed by atoms with Crippen molar-refractivity contribution in [1.82, 2.24) is 0 Å². The van der Waals surface area contributed by atoms with Crippen LogP contribution in [0.5, 0.6) is 5.75 Å². The predicted molar refractivity (Wildman–Crippen MR) is 95.2 cm³/mol. The van der Waals surface area contributed by atoms with E-state index in [1.807, 2.05) is 54.6 Å². The van der Waals surface area contributed by atoms with Gasteiger partial charge < -0.3 is 15.0 Å². The van der Waals surface area contributed by atoms with Crippen LogP contribution in [0.15, 0.2) is 54.6 Å². The smallest absolute Gasteiger partial charge is 0.262 e. The number of rotatable bonds is 8. The van der Waals surface area contributed by atoms with E-state index in [0.29, 0.717) is 5.75 Å². The van der Waals surface area contributed by atoms with Crippen LogP contribution in [0.3, 0.4) is 0 Å². The van der Waals surface area contributed by atoms with E-state index in [9.17, 15) is 4.79 Å². The van der Waals surface area contributed by atoms with Gasteiger partial charge in [0, 0.05) is 25.0 Å². The first-order valence-corrected chi connectivity index (χ1v) is 7.98. The highest BCUT2D eigenvalue weighted by Crippen LogP contribution is 2.17. The Morgan fingerprint density at radius 3 is 2.43 bits per heavy atom. The van der Waals surface area contributed by atoms with Gasteiger partial charge in [0.2, 0.25) is 0 Å². The zero-order valence-corrected chi connectivity index (χ0v) is 13.8. The molecular formula is C19H24N2O2.